The van der Waals surface area contributed by atoms with Crippen LogP contribution >= 0.6 is 24.0 Å². The smallest absolute Gasteiger partial charge is 0.263 e. The van der Waals surface area contributed by atoms with Gasteiger partial charge >= 0.3 is 0 Å². The number of benzene rings is 2. The molecule has 0 radical (unpaired) electrons. The van der Waals surface area contributed by atoms with Crippen molar-refractivity contribution < 1.29 is 9.53 Å². The van der Waals surface area contributed by atoms with Gasteiger partial charge in [0.2, 0.25) is 0 Å². The van der Waals surface area contributed by atoms with Crippen LogP contribution in [-0.2, 0) is 11.4 Å². The first kappa shape index (κ1) is 20.9. The van der Waals surface area contributed by atoms with Gasteiger partial charge in [0.1, 0.15) is 16.7 Å². The van der Waals surface area contributed by atoms with Crippen LogP contribution in [0.5, 0.6) is 5.75 Å². The fraction of sp³-hybridized carbons (Fsp3) is 0.125. The SMILES string of the molecule is Cc1cc(/C=C2\SC(=S)NC2=O)c(C)n1-c1ccc(OCc2ccccc2C#N)cc1. The molecule has 2 aromatic carbocycles. The second-order valence-electron chi connectivity index (χ2n) is 7.07. The summed E-state index contributed by atoms with van der Waals surface area (Å²) in [5, 5.41) is 11.9. The molecule has 0 spiro atoms. The Hall–Kier alpha value is -3.34. The Kier molecular flexibility index (Phi) is 5.94. The van der Waals surface area contributed by atoms with E-state index in [1.54, 1.807) is 6.07 Å². The molecule has 1 aliphatic rings. The van der Waals surface area contributed by atoms with Gasteiger partial charge in [-0.3, -0.25) is 4.79 Å². The summed E-state index contributed by atoms with van der Waals surface area (Å²) in [5.74, 6) is 0.577. The number of ether oxygens (including phenoxy) is 1. The molecule has 4 rings (SSSR count). The first-order valence-corrected chi connectivity index (χ1v) is 10.8. The molecule has 5 nitrogen and oxygen atoms in total. The molecule has 0 atom stereocenters. The first-order chi connectivity index (χ1) is 15.0. The predicted molar refractivity (Wildman–Crippen MR) is 127 cm³/mol. The summed E-state index contributed by atoms with van der Waals surface area (Å²) in [6.07, 6.45) is 1.88. The molecular formula is C24H19N3O2S2. The van der Waals surface area contributed by atoms with E-state index in [0.717, 1.165) is 34.0 Å². The standard InChI is InChI=1S/C24H19N3O2S2/c1-15-11-19(12-22-23(28)26-24(30)31-22)16(2)27(15)20-7-9-21(10-8-20)29-14-18-6-4-3-5-17(18)13-25/h3-12H,14H2,1-2H3,(H,26,28,30)/b22-12-. The van der Waals surface area contributed by atoms with E-state index in [0.29, 0.717) is 21.4 Å². The van der Waals surface area contributed by atoms with Crippen molar-refractivity contribution in [1.29, 1.82) is 5.26 Å². The average molecular weight is 446 g/mol. The number of nitrogens with one attached hydrogen (secondary N) is 1. The number of carbonyl (C=O) groups excluding carboxylic acids is 1. The van der Waals surface area contributed by atoms with Gasteiger partial charge in [-0.05, 0) is 61.9 Å². The van der Waals surface area contributed by atoms with E-state index < -0.39 is 0 Å². The van der Waals surface area contributed by atoms with Gasteiger partial charge in [0.15, 0.2) is 0 Å². The lowest BCUT2D eigenvalue weighted by Gasteiger charge is -2.12. The molecule has 1 saturated heterocycles. The molecule has 0 bridgehead atoms. The maximum atomic E-state index is 12.0. The number of thioether (sulfide) groups is 1. The molecule has 0 unspecified atom stereocenters. The number of aryl methyl sites for hydroxylation is 1. The molecule has 3 aromatic rings. The van der Waals surface area contributed by atoms with Gasteiger partial charge in [0, 0.05) is 22.6 Å². The van der Waals surface area contributed by atoms with Gasteiger partial charge in [-0.2, -0.15) is 5.26 Å². The molecule has 31 heavy (non-hydrogen) atoms. The van der Waals surface area contributed by atoms with E-state index in [2.05, 4.69) is 22.0 Å². The number of aromatic nitrogens is 1. The number of amides is 1. The Morgan fingerprint density at radius 2 is 1.94 bits per heavy atom. The highest BCUT2D eigenvalue weighted by atomic mass is 32.2. The lowest BCUT2D eigenvalue weighted by Crippen LogP contribution is -2.17. The van der Waals surface area contributed by atoms with E-state index in [-0.39, 0.29) is 5.91 Å². The van der Waals surface area contributed by atoms with Crippen LogP contribution in [0.25, 0.3) is 11.8 Å². The largest absolute Gasteiger partial charge is 0.489 e. The third-order valence-corrected chi connectivity index (χ3v) is 6.19. The number of carbonyl (C=O) groups is 1. The highest BCUT2D eigenvalue weighted by Gasteiger charge is 2.23. The number of thiocarbonyl (C=S) groups is 1. The summed E-state index contributed by atoms with van der Waals surface area (Å²) in [5.41, 5.74) is 5.56. The van der Waals surface area contributed by atoms with Crippen LogP contribution in [0.4, 0.5) is 0 Å². The molecule has 0 aliphatic carbocycles. The first-order valence-electron chi connectivity index (χ1n) is 9.61. The fourth-order valence-corrected chi connectivity index (χ4v) is 4.54. The lowest BCUT2D eigenvalue weighted by molar-refractivity contribution is -0.115. The fourth-order valence-electron chi connectivity index (χ4n) is 3.50. The third-order valence-electron chi connectivity index (χ3n) is 5.03. The van der Waals surface area contributed by atoms with Crippen molar-refractivity contribution in [1.82, 2.24) is 9.88 Å². The van der Waals surface area contributed by atoms with Crippen LogP contribution in [0.3, 0.4) is 0 Å². The molecule has 1 aromatic heterocycles. The van der Waals surface area contributed by atoms with Crippen LogP contribution < -0.4 is 10.1 Å². The van der Waals surface area contributed by atoms with E-state index in [1.165, 1.54) is 11.8 Å². The van der Waals surface area contributed by atoms with Gasteiger partial charge in [-0.15, -0.1) is 0 Å². The van der Waals surface area contributed by atoms with Crippen molar-refractivity contribution in [2.45, 2.75) is 20.5 Å². The molecule has 154 valence electrons. The maximum Gasteiger partial charge on any atom is 0.263 e. The molecule has 7 heteroatoms. The maximum absolute atomic E-state index is 12.0. The zero-order valence-corrected chi connectivity index (χ0v) is 18.6. The molecule has 1 aliphatic heterocycles. The monoisotopic (exact) mass is 445 g/mol. The second kappa shape index (κ2) is 8.80. The number of nitrogens with zero attached hydrogens (tertiary/aromatic N) is 2. The summed E-state index contributed by atoms with van der Waals surface area (Å²) in [6, 6.07) is 19.5. The highest BCUT2D eigenvalue weighted by molar-refractivity contribution is 8.26. The van der Waals surface area contributed by atoms with Gasteiger partial charge in [0.25, 0.3) is 5.91 Å². The van der Waals surface area contributed by atoms with E-state index >= 15 is 0 Å². The summed E-state index contributed by atoms with van der Waals surface area (Å²) in [6.45, 7) is 4.40. The Morgan fingerprint density at radius 3 is 2.61 bits per heavy atom. The summed E-state index contributed by atoms with van der Waals surface area (Å²) in [4.78, 5) is 12.6. The summed E-state index contributed by atoms with van der Waals surface area (Å²) in [7, 11) is 0. The second-order valence-corrected chi connectivity index (χ2v) is 8.78. The number of rotatable bonds is 5. The molecule has 1 N–H and O–H groups in total. The Bertz CT molecular complexity index is 1250. The van der Waals surface area contributed by atoms with Gasteiger partial charge in [-0.1, -0.05) is 42.2 Å². The van der Waals surface area contributed by atoms with Gasteiger partial charge < -0.3 is 14.6 Å². The van der Waals surface area contributed by atoms with Gasteiger partial charge in [-0.25, -0.2) is 0 Å². The highest BCUT2D eigenvalue weighted by Crippen LogP contribution is 2.29. The van der Waals surface area contributed by atoms with Crippen LogP contribution in [0, 0.1) is 25.2 Å². The van der Waals surface area contributed by atoms with Crippen LogP contribution in [-0.4, -0.2) is 14.8 Å². The van der Waals surface area contributed by atoms with E-state index in [4.69, 9.17) is 17.0 Å². The minimum Gasteiger partial charge on any atom is -0.489 e. The minimum absolute atomic E-state index is 0.153. The Balaban J connectivity index is 1.54. The molecular weight excluding hydrogens is 426 g/mol. The Morgan fingerprint density at radius 1 is 1.19 bits per heavy atom. The quantitative estimate of drug-likeness (QED) is 0.441. The van der Waals surface area contributed by atoms with Crippen molar-refractivity contribution in [2.24, 2.45) is 0 Å². The number of hydrogen-bond acceptors (Lipinski definition) is 5. The van der Waals surface area contributed by atoms with Crippen molar-refractivity contribution in [3.05, 3.63) is 87.6 Å². The summed E-state index contributed by atoms with van der Waals surface area (Å²) < 4.78 is 8.49. The normalized spacial score (nSPS) is 14.5. The van der Waals surface area contributed by atoms with Crippen LogP contribution in [0.2, 0.25) is 0 Å². The lowest BCUT2D eigenvalue weighted by atomic mass is 10.1. The Labute approximate surface area is 190 Å². The van der Waals surface area contributed by atoms with Crippen molar-refractivity contribution >= 4 is 40.3 Å². The van der Waals surface area contributed by atoms with Crippen LogP contribution in [0.15, 0.2) is 59.5 Å². The van der Waals surface area contributed by atoms with Crippen molar-refractivity contribution in [3.63, 3.8) is 0 Å². The van der Waals surface area contributed by atoms with E-state index in [1.807, 2.05) is 62.4 Å². The molecule has 1 fully saturated rings. The summed E-state index contributed by atoms with van der Waals surface area (Å²) >= 11 is 6.35. The molecule has 2 heterocycles. The molecule has 1 amide bonds. The van der Waals surface area contributed by atoms with Crippen molar-refractivity contribution in [3.8, 4) is 17.5 Å². The van der Waals surface area contributed by atoms with Gasteiger partial charge in [0.05, 0.1) is 16.5 Å². The predicted octanol–water partition coefficient (Wildman–Crippen LogP) is 5.03. The number of hydrogen-bond donors (Lipinski definition) is 1. The average Bonchev–Trinajstić information content (AvgIpc) is 3.23. The minimum atomic E-state index is -0.153. The topological polar surface area (TPSA) is 67.1 Å². The third kappa shape index (κ3) is 4.41. The number of nitriles is 1. The van der Waals surface area contributed by atoms with E-state index in [9.17, 15) is 10.1 Å². The zero-order valence-electron chi connectivity index (χ0n) is 17.0. The van der Waals surface area contributed by atoms with Crippen molar-refractivity contribution in [2.75, 3.05) is 0 Å². The molecule has 0 saturated carbocycles. The van der Waals surface area contributed by atoms with Crippen LogP contribution in [0.1, 0.15) is 28.1 Å². The zero-order chi connectivity index (χ0) is 22.0.